The fourth-order valence-electron chi connectivity index (χ4n) is 4.53. The number of aryl methyl sites for hydroxylation is 2. The molecule has 2 aliphatic heterocycles. The monoisotopic (exact) mass is 502 g/mol. The number of benzene rings is 1. The summed E-state index contributed by atoms with van der Waals surface area (Å²) in [5.41, 5.74) is 2.78. The lowest BCUT2D eigenvalue weighted by molar-refractivity contribution is -0.163. The first-order chi connectivity index (χ1) is 17.1. The molecule has 200 valence electrons. The second-order valence-corrected chi connectivity index (χ2v) is 8.90. The summed E-state index contributed by atoms with van der Waals surface area (Å²) in [4.78, 5) is 27.4. The smallest absolute Gasteiger partial charge is 0.352 e. The van der Waals surface area contributed by atoms with Crippen molar-refractivity contribution in [2.45, 2.75) is 59.6 Å². The van der Waals surface area contributed by atoms with Gasteiger partial charge in [0.2, 0.25) is 5.91 Å². The average molecular weight is 503 g/mol. The van der Waals surface area contributed by atoms with E-state index in [0.29, 0.717) is 5.57 Å². The van der Waals surface area contributed by atoms with Crippen LogP contribution in [0.5, 0.6) is 5.75 Å². The van der Waals surface area contributed by atoms with Gasteiger partial charge in [0.25, 0.3) is 0 Å². The molecule has 3 N–H and O–H groups in total. The van der Waals surface area contributed by atoms with E-state index in [4.69, 9.17) is 9.84 Å². The topological polar surface area (TPSA) is 111 Å². The van der Waals surface area contributed by atoms with Gasteiger partial charge < -0.3 is 29.9 Å². The van der Waals surface area contributed by atoms with Crippen molar-refractivity contribution < 1.29 is 29.6 Å². The summed E-state index contributed by atoms with van der Waals surface area (Å²) < 4.78 is 5.99. The zero-order valence-electron chi connectivity index (χ0n) is 22.6. The molecule has 0 aromatic heterocycles. The highest BCUT2D eigenvalue weighted by atomic mass is 16.5. The van der Waals surface area contributed by atoms with Crippen LogP contribution in [0.3, 0.4) is 0 Å². The Kier molecular flexibility index (Phi) is 12.4. The maximum atomic E-state index is 12.4. The molecule has 36 heavy (non-hydrogen) atoms. The Hall–Kier alpha value is -3.10. The van der Waals surface area contributed by atoms with Crippen LogP contribution >= 0.6 is 0 Å². The Morgan fingerprint density at radius 1 is 1.33 bits per heavy atom. The summed E-state index contributed by atoms with van der Waals surface area (Å²) in [7, 11) is 2.94. The molecule has 1 fully saturated rings. The number of nitrogens with zero attached hydrogens (tertiary/aromatic N) is 2. The van der Waals surface area contributed by atoms with Crippen molar-refractivity contribution in [3.05, 3.63) is 65.7 Å². The minimum atomic E-state index is -1.13. The van der Waals surface area contributed by atoms with Crippen LogP contribution in [-0.4, -0.2) is 69.9 Å². The fourth-order valence-corrected chi connectivity index (χ4v) is 4.53. The number of carbonyl (C=O) groups is 2. The van der Waals surface area contributed by atoms with Gasteiger partial charge in [0.1, 0.15) is 18.1 Å². The Bertz CT molecular complexity index is 969. The number of ether oxygens (including phenoxy) is 1. The lowest BCUT2D eigenvalue weighted by Gasteiger charge is -2.46. The molecule has 8 nitrogen and oxygen atoms in total. The van der Waals surface area contributed by atoms with Crippen molar-refractivity contribution >= 4 is 11.9 Å². The van der Waals surface area contributed by atoms with Gasteiger partial charge in [0.15, 0.2) is 0 Å². The van der Waals surface area contributed by atoms with Crippen LogP contribution in [0, 0.1) is 18.8 Å². The van der Waals surface area contributed by atoms with E-state index in [2.05, 4.69) is 19.6 Å². The second kappa shape index (κ2) is 14.5. The molecule has 0 bridgehead atoms. The molecule has 0 spiro atoms. The number of aliphatic hydroxyl groups is 2. The molecule has 1 aromatic carbocycles. The highest BCUT2D eigenvalue weighted by Gasteiger charge is 2.59. The lowest BCUT2D eigenvalue weighted by Crippen LogP contribution is -2.63. The van der Waals surface area contributed by atoms with Crippen LogP contribution < -0.4 is 4.74 Å². The minimum Gasteiger partial charge on any atom is -0.489 e. The molecular formula is C28H42N2O6. The van der Waals surface area contributed by atoms with Crippen LogP contribution in [0.2, 0.25) is 0 Å². The van der Waals surface area contributed by atoms with Crippen molar-refractivity contribution in [3.63, 3.8) is 0 Å². The van der Waals surface area contributed by atoms with E-state index in [1.165, 1.54) is 10.5 Å². The molecule has 0 radical (unpaired) electrons. The maximum Gasteiger partial charge on any atom is 0.352 e. The predicted octanol–water partition coefficient (Wildman–Crippen LogP) is 3.73. The van der Waals surface area contributed by atoms with E-state index in [9.17, 15) is 19.8 Å². The van der Waals surface area contributed by atoms with Crippen LogP contribution in [0.4, 0.5) is 0 Å². The van der Waals surface area contributed by atoms with Crippen molar-refractivity contribution in [2.24, 2.45) is 11.8 Å². The number of aliphatic hydroxyl groups excluding tert-OH is 2. The number of hydrogen-bond donors (Lipinski definition) is 3. The van der Waals surface area contributed by atoms with Gasteiger partial charge in [-0.05, 0) is 56.8 Å². The normalized spacial score (nSPS) is 21.0. The van der Waals surface area contributed by atoms with Gasteiger partial charge in [-0.25, -0.2) is 4.79 Å². The molecule has 1 aromatic rings. The molecule has 4 atom stereocenters. The van der Waals surface area contributed by atoms with Crippen molar-refractivity contribution in [2.75, 3.05) is 20.8 Å². The van der Waals surface area contributed by atoms with Crippen molar-refractivity contribution in [1.29, 1.82) is 0 Å². The third-order valence-electron chi connectivity index (χ3n) is 6.36. The number of carboxylic acids is 1. The van der Waals surface area contributed by atoms with Crippen LogP contribution in [0.25, 0.3) is 0 Å². The molecule has 3 unspecified atom stereocenters. The van der Waals surface area contributed by atoms with E-state index >= 15 is 0 Å². The van der Waals surface area contributed by atoms with Crippen LogP contribution in [0.1, 0.15) is 45.2 Å². The van der Waals surface area contributed by atoms with Crippen LogP contribution in [0.15, 0.2) is 54.5 Å². The van der Waals surface area contributed by atoms with Crippen LogP contribution in [-0.2, 0) is 16.0 Å². The molecule has 1 amide bonds. The molecule has 8 heteroatoms. The average Bonchev–Trinajstić information content (AvgIpc) is 3.09. The number of fused-ring (bicyclic) bond motifs is 1. The quantitative estimate of drug-likeness (QED) is 0.441. The number of carboxylic acid groups (broad SMARTS) is 1. The van der Waals surface area contributed by atoms with Gasteiger partial charge in [-0.3, -0.25) is 4.79 Å². The van der Waals surface area contributed by atoms with Gasteiger partial charge in [0.05, 0.1) is 18.1 Å². The van der Waals surface area contributed by atoms with E-state index in [-0.39, 0.29) is 30.2 Å². The summed E-state index contributed by atoms with van der Waals surface area (Å²) in [5.74, 6) is -1.45. The third-order valence-corrected chi connectivity index (χ3v) is 6.36. The Labute approximate surface area is 215 Å². The summed E-state index contributed by atoms with van der Waals surface area (Å²) in [6.07, 6.45) is 6.84. The van der Waals surface area contributed by atoms with Crippen molar-refractivity contribution in [3.8, 4) is 5.75 Å². The summed E-state index contributed by atoms with van der Waals surface area (Å²) in [6, 6.07) is 5.77. The van der Waals surface area contributed by atoms with E-state index in [1.54, 1.807) is 13.1 Å². The number of amides is 1. The Balaban J connectivity index is 0.000000623. The summed E-state index contributed by atoms with van der Waals surface area (Å²) >= 11 is 0. The lowest BCUT2D eigenvalue weighted by atomic mass is 9.78. The maximum absolute atomic E-state index is 12.4. The molecule has 3 rings (SSSR count). The summed E-state index contributed by atoms with van der Waals surface area (Å²) in [6.45, 7) is 13.2. The molecule has 0 saturated carbocycles. The zero-order chi connectivity index (χ0) is 27.6. The first-order valence-corrected chi connectivity index (χ1v) is 12.2. The first kappa shape index (κ1) is 30.9. The van der Waals surface area contributed by atoms with Crippen molar-refractivity contribution in [1.82, 2.24) is 9.80 Å². The number of β-lactam (4-membered cyclic amide) rings is 1. The fraction of sp³-hybridized carbons (Fsp3) is 0.500. The number of rotatable bonds is 9. The first-order valence-electron chi connectivity index (χ1n) is 12.2. The number of carbonyl (C=O) groups excluding carboxylic acids is 1. The van der Waals surface area contributed by atoms with Gasteiger partial charge >= 0.3 is 5.97 Å². The van der Waals surface area contributed by atoms with E-state index in [1.807, 2.05) is 57.1 Å². The Morgan fingerprint density at radius 2 is 1.97 bits per heavy atom. The molecule has 2 aliphatic rings. The standard InChI is InChI=1S/C21H27NO5.C6H11N.CH4O/c1-5-6-14-8-7-11(2)16(9-14)27-10-15-12(3)18-17(13(4)23)20(24)22(18)19(15)21(25)26;1-4-6-7(3)5-2;1-2/h7-9,12-13,17-18,23H,5-6,10H2,1-4H3,(H,25,26);4-6H,2H2,1,3H3;2H,1H3/b;6-4+;/t12?,13?,17?,18-;;/m1../s1. The largest absolute Gasteiger partial charge is 0.489 e. The number of hydrogen-bond acceptors (Lipinski definition) is 6. The van der Waals surface area contributed by atoms with E-state index in [0.717, 1.165) is 31.3 Å². The zero-order valence-corrected chi connectivity index (χ0v) is 22.6. The van der Waals surface area contributed by atoms with Gasteiger partial charge in [0, 0.05) is 25.6 Å². The van der Waals surface area contributed by atoms with Gasteiger partial charge in [-0.1, -0.05) is 45.1 Å². The Morgan fingerprint density at radius 3 is 2.44 bits per heavy atom. The second-order valence-electron chi connectivity index (χ2n) is 8.90. The number of aliphatic carboxylic acids is 1. The molecule has 2 heterocycles. The third kappa shape index (κ3) is 6.98. The van der Waals surface area contributed by atoms with Gasteiger partial charge in [-0.2, -0.15) is 0 Å². The highest BCUT2D eigenvalue weighted by Crippen LogP contribution is 2.47. The summed E-state index contributed by atoms with van der Waals surface area (Å²) in [5, 5.41) is 26.6. The highest BCUT2D eigenvalue weighted by molar-refractivity contribution is 6.00. The number of allylic oxidation sites excluding steroid dienone is 1. The van der Waals surface area contributed by atoms with E-state index < -0.39 is 18.0 Å². The minimum absolute atomic E-state index is 0.0109. The SMILES string of the molecule is C=CN(C)/C=C/C.CCCc1ccc(C)c(OCC2=C(C(=O)O)N3C(=O)C(C(C)O)[C@H]3C2C)c1.CO. The molecule has 1 saturated heterocycles. The predicted molar refractivity (Wildman–Crippen MR) is 141 cm³/mol. The molecular weight excluding hydrogens is 460 g/mol. The molecule has 0 aliphatic carbocycles. The van der Waals surface area contributed by atoms with Gasteiger partial charge in [-0.15, -0.1) is 0 Å².